The van der Waals surface area contributed by atoms with Gasteiger partial charge in [-0.3, -0.25) is 4.79 Å². The van der Waals surface area contributed by atoms with Gasteiger partial charge < -0.3 is 0 Å². The Balaban J connectivity index is 2.02. The smallest absolute Gasteiger partial charge is 0.292 e. The third kappa shape index (κ3) is 3.74. The number of nitrogens with zero attached hydrogens (tertiary/aromatic N) is 1. The fourth-order valence-electron chi connectivity index (χ4n) is 1.31. The highest BCUT2D eigenvalue weighted by atomic mass is 35.5. The van der Waals surface area contributed by atoms with Gasteiger partial charge in [-0.05, 0) is 12.1 Å². The summed E-state index contributed by atoms with van der Waals surface area (Å²) in [5, 5.41) is -0.505. The van der Waals surface area contributed by atoms with E-state index in [1.54, 1.807) is 24.3 Å². The first-order chi connectivity index (χ1) is 9.38. The van der Waals surface area contributed by atoms with Crippen molar-refractivity contribution < 1.29 is 18.0 Å². The van der Waals surface area contributed by atoms with Crippen LogP contribution in [0.5, 0.6) is 0 Å². The van der Waals surface area contributed by atoms with Gasteiger partial charge >= 0.3 is 6.18 Å². The molecule has 0 saturated carbocycles. The number of hydrogen-bond acceptors (Lipinski definition) is 4. The predicted octanol–water partition coefficient (Wildman–Crippen LogP) is 4.79. The number of carbonyl (C=O) groups is 1. The summed E-state index contributed by atoms with van der Waals surface area (Å²) in [7, 11) is 0. The summed E-state index contributed by atoms with van der Waals surface area (Å²) in [6, 6.07) is 6.96. The number of alkyl halides is 3. The van der Waals surface area contributed by atoms with E-state index in [0.29, 0.717) is 21.3 Å². The number of rotatable bonds is 4. The van der Waals surface area contributed by atoms with Gasteiger partial charge in [0.2, 0.25) is 0 Å². The molecule has 0 aliphatic rings. The SMILES string of the molecule is O=C(CSc1ccccc1Cl)c1cnc(C(F)(F)F)s1. The second-order valence-electron chi connectivity index (χ2n) is 3.67. The summed E-state index contributed by atoms with van der Waals surface area (Å²) in [6.07, 6.45) is -3.55. The molecule has 0 amide bonds. The molecule has 0 atom stereocenters. The Hall–Kier alpha value is -1.05. The second-order valence-corrected chi connectivity index (χ2v) is 6.12. The molecule has 106 valence electrons. The molecule has 0 fully saturated rings. The van der Waals surface area contributed by atoms with Crippen molar-refractivity contribution in [3.05, 3.63) is 45.4 Å². The van der Waals surface area contributed by atoms with Crippen LogP contribution < -0.4 is 0 Å². The number of halogens is 4. The van der Waals surface area contributed by atoms with Crippen LogP contribution in [-0.2, 0) is 6.18 Å². The molecular formula is C12H7ClF3NOS2. The molecule has 8 heteroatoms. The molecular weight excluding hydrogens is 331 g/mol. The molecule has 0 aliphatic carbocycles. The van der Waals surface area contributed by atoms with Crippen molar-refractivity contribution in [1.29, 1.82) is 0 Å². The number of Topliss-reactive ketones (excluding diaryl/α,β-unsaturated/α-hetero) is 1. The first-order valence-corrected chi connectivity index (χ1v) is 7.49. The third-order valence-corrected chi connectivity index (χ3v) is 4.82. The molecule has 2 aromatic rings. The van der Waals surface area contributed by atoms with Gasteiger partial charge in [0.05, 0.1) is 15.7 Å². The van der Waals surface area contributed by atoms with E-state index < -0.39 is 17.0 Å². The van der Waals surface area contributed by atoms with E-state index in [2.05, 4.69) is 4.98 Å². The minimum Gasteiger partial charge on any atom is -0.292 e. The van der Waals surface area contributed by atoms with Crippen molar-refractivity contribution in [3.63, 3.8) is 0 Å². The van der Waals surface area contributed by atoms with Crippen LogP contribution in [0.1, 0.15) is 14.7 Å². The van der Waals surface area contributed by atoms with Crippen LogP contribution in [0.2, 0.25) is 5.02 Å². The van der Waals surface area contributed by atoms with Gasteiger partial charge in [0.15, 0.2) is 10.8 Å². The largest absolute Gasteiger partial charge is 0.443 e. The number of ketones is 1. The molecule has 20 heavy (non-hydrogen) atoms. The highest BCUT2D eigenvalue weighted by Gasteiger charge is 2.35. The van der Waals surface area contributed by atoms with Crippen molar-refractivity contribution >= 4 is 40.5 Å². The molecule has 0 radical (unpaired) electrons. The Morgan fingerprint density at radius 3 is 2.65 bits per heavy atom. The van der Waals surface area contributed by atoms with E-state index in [1.807, 2.05) is 0 Å². The van der Waals surface area contributed by atoms with Crippen molar-refractivity contribution in [2.45, 2.75) is 11.1 Å². The van der Waals surface area contributed by atoms with Crippen molar-refractivity contribution in [2.24, 2.45) is 0 Å². The number of thioether (sulfide) groups is 1. The van der Waals surface area contributed by atoms with Crippen LogP contribution in [0.25, 0.3) is 0 Å². The summed E-state index contributed by atoms with van der Waals surface area (Å²) >= 11 is 7.47. The zero-order valence-electron chi connectivity index (χ0n) is 9.78. The van der Waals surface area contributed by atoms with Crippen molar-refractivity contribution in [3.8, 4) is 0 Å². The summed E-state index contributed by atoms with van der Waals surface area (Å²) in [5.41, 5.74) is 0. The second kappa shape index (κ2) is 6.15. The van der Waals surface area contributed by atoms with Crippen LogP contribution in [0.15, 0.2) is 35.4 Å². The lowest BCUT2D eigenvalue weighted by Crippen LogP contribution is -2.03. The normalized spacial score (nSPS) is 11.6. The number of hydrogen-bond donors (Lipinski definition) is 0. The molecule has 2 rings (SSSR count). The minimum absolute atomic E-state index is 0.00289. The lowest BCUT2D eigenvalue weighted by molar-refractivity contribution is -0.137. The van der Waals surface area contributed by atoms with E-state index in [1.165, 1.54) is 11.8 Å². The lowest BCUT2D eigenvalue weighted by atomic mass is 10.4. The maximum absolute atomic E-state index is 12.4. The number of benzene rings is 1. The van der Waals surface area contributed by atoms with Gasteiger partial charge in [0, 0.05) is 11.1 Å². The molecule has 1 heterocycles. The molecule has 1 aromatic heterocycles. The molecule has 0 aliphatic heterocycles. The minimum atomic E-state index is -4.51. The molecule has 0 bridgehead atoms. The van der Waals surface area contributed by atoms with Gasteiger partial charge in [-0.1, -0.05) is 23.7 Å². The lowest BCUT2D eigenvalue weighted by Gasteiger charge is -2.02. The van der Waals surface area contributed by atoms with Gasteiger partial charge in [-0.2, -0.15) is 13.2 Å². The van der Waals surface area contributed by atoms with Gasteiger partial charge in [-0.25, -0.2) is 4.98 Å². The Morgan fingerprint density at radius 2 is 2.05 bits per heavy atom. The van der Waals surface area contributed by atoms with Crippen LogP contribution in [0.4, 0.5) is 13.2 Å². The molecule has 2 nitrogen and oxygen atoms in total. The number of carbonyl (C=O) groups excluding carboxylic acids is 1. The highest BCUT2D eigenvalue weighted by Crippen LogP contribution is 2.33. The van der Waals surface area contributed by atoms with E-state index in [0.717, 1.165) is 6.20 Å². The molecule has 0 N–H and O–H groups in total. The standard InChI is InChI=1S/C12H7ClF3NOS2/c13-7-3-1-2-4-9(7)19-6-8(18)10-5-17-11(20-10)12(14,15)16/h1-5H,6H2. The van der Waals surface area contributed by atoms with Crippen LogP contribution in [-0.4, -0.2) is 16.5 Å². The summed E-state index contributed by atoms with van der Waals surface area (Å²) in [4.78, 5) is 15.7. The molecule has 0 spiro atoms. The zero-order valence-corrected chi connectivity index (χ0v) is 12.2. The third-order valence-electron chi connectivity index (χ3n) is 2.22. The van der Waals surface area contributed by atoms with E-state index in [4.69, 9.17) is 11.6 Å². The topological polar surface area (TPSA) is 30.0 Å². The van der Waals surface area contributed by atoms with Crippen molar-refractivity contribution in [2.75, 3.05) is 5.75 Å². The maximum Gasteiger partial charge on any atom is 0.443 e. The van der Waals surface area contributed by atoms with Gasteiger partial charge in [-0.15, -0.1) is 23.1 Å². The Morgan fingerprint density at radius 1 is 1.35 bits per heavy atom. The van der Waals surface area contributed by atoms with Crippen LogP contribution in [0.3, 0.4) is 0 Å². The van der Waals surface area contributed by atoms with E-state index >= 15 is 0 Å². The van der Waals surface area contributed by atoms with Gasteiger partial charge in [0.1, 0.15) is 0 Å². The average molecular weight is 338 g/mol. The van der Waals surface area contributed by atoms with E-state index in [9.17, 15) is 18.0 Å². The predicted molar refractivity (Wildman–Crippen MR) is 73.6 cm³/mol. The van der Waals surface area contributed by atoms with E-state index in [-0.39, 0.29) is 10.6 Å². The Labute approximate surface area is 126 Å². The molecule has 0 unspecified atom stereocenters. The average Bonchev–Trinajstić information content (AvgIpc) is 2.87. The first-order valence-electron chi connectivity index (χ1n) is 5.31. The number of aromatic nitrogens is 1. The quantitative estimate of drug-likeness (QED) is 0.593. The maximum atomic E-state index is 12.4. The molecule has 0 saturated heterocycles. The molecule has 1 aromatic carbocycles. The van der Waals surface area contributed by atoms with Crippen LogP contribution in [0, 0.1) is 0 Å². The summed E-state index contributed by atoms with van der Waals surface area (Å²) in [5.74, 6) is -0.383. The Bertz CT molecular complexity index is 627. The Kier molecular flexibility index (Phi) is 4.72. The first kappa shape index (κ1) is 15.3. The zero-order chi connectivity index (χ0) is 14.8. The van der Waals surface area contributed by atoms with Crippen LogP contribution >= 0.6 is 34.7 Å². The highest BCUT2D eigenvalue weighted by molar-refractivity contribution is 8.00. The van der Waals surface area contributed by atoms with Gasteiger partial charge in [0.25, 0.3) is 0 Å². The number of thiazole rings is 1. The summed E-state index contributed by atoms with van der Waals surface area (Å²) in [6.45, 7) is 0. The van der Waals surface area contributed by atoms with Crippen molar-refractivity contribution in [1.82, 2.24) is 4.98 Å². The summed E-state index contributed by atoms with van der Waals surface area (Å²) < 4.78 is 37.1. The fraction of sp³-hybridized carbons (Fsp3) is 0.167. The fourth-order valence-corrected chi connectivity index (χ4v) is 3.24. The monoisotopic (exact) mass is 337 g/mol.